The Hall–Kier alpha value is -1.64. The van der Waals surface area contributed by atoms with Crippen LogP contribution in [0.25, 0.3) is 0 Å². The first kappa shape index (κ1) is 23.0. The van der Waals surface area contributed by atoms with Crippen molar-refractivity contribution in [1.29, 1.82) is 0 Å². The summed E-state index contributed by atoms with van der Waals surface area (Å²) in [5, 5.41) is 0. The Bertz CT molecular complexity index is 793. The molecule has 3 rings (SSSR count). The Balaban J connectivity index is 1.69. The summed E-state index contributed by atoms with van der Waals surface area (Å²) in [7, 11) is -3.26. The van der Waals surface area contributed by atoms with E-state index in [0.29, 0.717) is 30.8 Å². The summed E-state index contributed by atoms with van der Waals surface area (Å²) >= 11 is 0. The van der Waals surface area contributed by atoms with Crippen LogP contribution in [-0.2, 0) is 14.8 Å². The number of carbonyl (C=O) groups is 1. The van der Waals surface area contributed by atoms with Gasteiger partial charge >= 0.3 is 0 Å². The van der Waals surface area contributed by atoms with E-state index in [9.17, 15) is 13.2 Å². The molecule has 8 heteroatoms. The first-order valence-corrected chi connectivity index (χ1v) is 12.8. The molecule has 0 N–H and O–H groups in total. The van der Waals surface area contributed by atoms with Gasteiger partial charge in [0.1, 0.15) is 0 Å². The van der Waals surface area contributed by atoms with Crippen LogP contribution in [0.2, 0.25) is 0 Å². The zero-order chi connectivity index (χ0) is 21.4. The minimum Gasteiger partial charge on any atom is -0.379 e. The molecule has 7 nitrogen and oxygen atoms in total. The second-order valence-corrected chi connectivity index (χ2v) is 10.1. The number of hydrogen-bond acceptors (Lipinski definition) is 5. The number of anilines is 1. The van der Waals surface area contributed by atoms with Gasteiger partial charge in [0.15, 0.2) is 0 Å². The minimum atomic E-state index is -3.26. The minimum absolute atomic E-state index is 0.0156. The molecule has 2 fully saturated rings. The Labute approximate surface area is 181 Å². The monoisotopic (exact) mass is 437 g/mol. The Morgan fingerprint density at radius 2 is 1.90 bits per heavy atom. The number of nitrogens with zero attached hydrogens (tertiary/aromatic N) is 3. The third-order valence-corrected chi connectivity index (χ3v) is 7.71. The predicted octanol–water partition coefficient (Wildman–Crippen LogP) is 2.58. The molecular weight excluding hydrogens is 402 g/mol. The van der Waals surface area contributed by atoms with E-state index in [-0.39, 0.29) is 11.7 Å². The maximum Gasteiger partial charge on any atom is 0.253 e. The van der Waals surface area contributed by atoms with Crippen LogP contribution in [0.3, 0.4) is 0 Å². The Morgan fingerprint density at radius 3 is 2.60 bits per heavy atom. The maximum atomic E-state index is 13.3. The summed E-state index contributed by atoms with van der Waals surface area (Å²) in [6, 6.07) is 7.09. The zero-order valence-corrected chi connectivity index (χ0v) is 18.9. The standard InChI is InChI=1S/C22H35N3O4S/c1-2-3-4-5-10-24(13-12-23-14-16-29-17-15-23)22(26)20-8-6-9-21(19-20)25-11-7-18-30(25,27)28/h6,8-9,19H,2-5,7,10-18H2,1H3. The van der Waals surface area contributed by atoms with Gasteiger partial charge in [-0.3, -0.25) is 14.0 Å². The molecule has 2 aliphatic rings. The van der Waals surface area contributed by atoms with Gasteiger partial charge in [-0.05, 0) is 31.0 Å². The average molecular weight is 438 g/mol. The van der Waals surface area contributed by atoms with Crippen molar-refractivity contribution in [2.75, 3.05) is 62.5 Å². The molecule has 1 aromatic rings. The van der Waals surface area contributed by atoms with Crippen LogP contribution in [-0.4, -0.2) is 82.4 Å². The number of amides is 1. The fraction of sp³-hybridized carbons (Fsp3) is 0.682. The lowest BCUT2D eigenvalue weighted by Gasteiger charge is -2.30. The van der Waals surface area contributed by atoms with Gasteiger partial charge in [-0.15, -0.1) is 0 Å². The highest BCUT2D eigenvalue weighted by Crippen LogP contribution is 2.25. The van der Waals surface area contributed by atoms with Gasteiger partial charge in [-0.25, -0.2) is 8.42 Å². The van der Waals surface area contributed by atoms with E-state index < -0.39 is 10.0 Å². The quantitative estimate of drug-likeness (QED) is 0.526. The van der Waals surface area contributed by atoms with Crippen LogP contribution in [0.15, 0.2) is 24.3 Å². The molecule has 0 bridgehead atoms. The van der Waals surface area contributed by atoms with Crippen LogP contribution < -0.4 is 4.31 Å². The number of hydrogen-bond donors (Lipinski definition) is 0. The predicted molar refractivity (Wildman–Crippen MR) is 119 cm³/mol. The molecule has 0 unspecified atom stereocenters. The molecule has 0 aliphatic carbocycles. The molecular formula is C22H35N3O4S. The van der Waals surface area contributed by atoms with E-state index in [1.165, 1.54) is 10.7 Å². The van der Waals surface area contributed by atoms with Crippen molar-refractivity contribution >= 4 is 21.6 Å². The largest absolute Gasteiger partial charge is 0.379 e. The van der Waals surface area contributed by atoms with Crippen LogP contribution in [0, 0.1) is 0 Å². The molecule has 1 aromatic carbocycles. The van der Waals surface area contributed by atoms with Gasteiger partial charge in [-0.2, -0.15) is 0 Å². The SMILES string of the molecule is CCCCCCN(CCN1CCOCC1)C(=O)c1cccc(N2CCCS2(=O)=O)c1. The van der Waals surface area contributed by atoms with Crippen LogP contribution in [0.1, 0.15) is 49.4 Å². The molecule has 2 heterocycles. The first-order valence-electron chi connectivity index (χ1n) is 11.2. The van der Waals surface area contributed by atoms with Gasteiger partial charge in [0, 0.05) is 44.8 Å². The molecule has 30 heavy (non-hydrogen) atoms. The average Bonchev–Trinajstić information content (AvgIpc) is 3.12. The third kappa shape index (κ3) is 6.18. The fourth-order valence-electron chi connectivity index (χ4n) is 4.04. The smallest absolute Gasteiger partial charge is 0.253 e. The van der Waals surface area contributed by atoms with Crippen molar-refractivity contribution in [3.8, 4) is 0 Å². The lowest BCUT2D eigenvalue weighted by molar-refractivity contribution is 0.0324. The molecule has 0 aromatic heterocycles. The summed E-state index contributed by atoms with van der Waals surface area (Å²) in [6.45, 7) is 8.21. The van der Waals surface area contributed by atoms with Crippen LogP contribution in [0.5, 0.6) is 0 Å². The molecule has 0 atom stereocenters. The van der Waals surface area contributed by atoms with E-state index in [2.05, 4.69) is 11.8 Å². The molecule has 168 valence electrons. The topological polar surface area (TPSA) is 70.2 Å². The van der Waals surface area contributed by atoms with Gasteiger partial charge in [0.25, 0.3) is 5.91 Å². The number of morpholine rings is 1. The van der Waals surface area contributed by atoms with E-state index in [1.54, 1.807) is 24.3 Å². The van der Waals surface area contributed by atoms with Crippen molar-refractivity contribution < 1.29 is 17.9 Å². The lowest BCUT2D eigenvalue weighted by Crippen LogP contribution is -2.43. The van der Waals surface area contributed by atoms with E-state index in [0.717, 1.165) is 58.7 Å². The van der Waals surface area contributed by atoms with Crippen molar-refractivity contribution in [3.63, 3.8) is 0 Å². The highest BCUT2D eigenvalue weighted by Gasteiger charge is 2.29. The van der Waals surface area contributed by atoms with E-state index >= 15 is 0 Å². The highest BCUT2D eigenvalue weighted by molar-refractivity contribution is 7.93. The summed E-state index contributed by atoms with van der Waals surface area (Å²) in [4.78, 5) is 17.6. The number of unbranched alkanes of at least 4 members (excludes halogenated alkanes) is 3. The van der Waals surface area contributed by atoms with Gasteiger partial charge in [0.2, 0.25) is 10.0 Å². The number of benzene rings is 1. The fourth-order valence-corrected chi connectivity index (χ4v) is 5.59. The van der Waals surface area contributed by atoms with Crippen molar-refractivity contribution in [3.05, 3.63) is 29.8 Å². The van der Waals surface area contributed by atoms with Crippen molar-refractivity contribution in [1.82, 2.24) is 9.80 Å². The number of sulfonamides is 1. The third-order valence-electron chi connectivity index (χ3n) is 5.84. The van der Waals surface area contributed by atoms with Crippen LogP contribution >= 0.6 is 0 Å². The van der Waals surface area contributed by atoms with Crippen LogP contribution in [0.4, 0.5) is 5.69 Å². The number of ether oxygens (including phenoxy) is 1. The summed E-state index contributed by atoms with van der Waals surface area (Å²) in [5.74, 6) is 0.159. The second kappa shape index (κ2) is 11.1. The van der Waals surface area contributed by atoms with E-state index in [4.69, 9.17) is 4.74 Å². The first-order chi connectivity index (χ1) is 14.5. The maximum absolute atomic E-state index is 13.3. The molecule has 1 amide bonds. The molecule has 0 saturated carbocycles. The van der Waals surface area contributed by atoms with Gasteiger partial charge < -0.3 is 9.64 Å². The second-order valence-electron chi connectivity index (χ2n) is 8.10. The van der Waals surface area contributed by atoms with Crippen molar-refractivity contribution in [2.24, 2.45) is 0 Å². The normalized spacial score (nSPS) is 19.2. The molecule has 2 aliphatic heterocycles. The Morgan fingerprint density at radius 1 is 1.10 bits per heavy atom. The summed E-state index contributed by atoms with van der Waals surface area (Å²) in [6.07, 6.45) is 5.07. The number of rotatable bonds is 10. The van der Waals surface area contributed by atoms with E-state index in [1.807, 2.05) is 4.90 Å². The molecule has 0 radical (unpaired) electrons. The molecule has 0 spiro atoms. The van der Waals surface area contributed by atoms with Crippen molar-refractivity contribution in [2.45, 2.75) is 39.0 Å². The summed E-state index contributed by atoms with van der Waals surface area (Å²) < 4.78 is 31.4. The number of carbonyl (C=O) groups excluding carboxylic acids is 1. The van der Waals surface area contributed by atoms with Gasteiger partial charge in [-0.1, -0.05) is 32.3 Å². The Kier molecular flexibility index (Phi) is 8.53. The lowest BCUT2D eigenvalue weighted by atomic mass is 10.1. The highest BCUT2D eigenvalue weighted by atomic mass is 32.2. The summed E-state index contributed by atoms with van der Waals surface area (Å²) in [5.41, 5.74) is 1.16. The zero-order valence-electron chi connectivity index (χ0n) is 18.1. The van der Waals surface area contributed by atoms with Gasteiger partial charge in [0.05, 0.1) is 24.7 Å². The molecule has 2 saturated heterocycles.